The molecule has 1 amide bonds. The van der Waals surface area contributed by atoms with Crippen LogP contribution in [0.5, 0.6) is 0 Å². The number of ether oxygens (including phenoxy) is 2. The third-order valence-corrected chi connectivity index (χ3v) is 2.71. The van der Waals surface area contributed by atoms with Crippen LogP contribution in [0.2, 0.25) is 0 Å². The second-order valence-corrected chi connectivity index (χ2v) is 4.35. The highest BCUT2D eigenvalue weighted by Gasteiger charge is 2.29. The van der Waals surface area contributed by atoms with Gasteiger partial charge in [0.05, 0.1) is 18.8 Å². The van der Waals surface area contributed by atoms with Crippen LogP contribution in [0.3, 0.4) is 0 Å². The molecule has 5 nitrogen and oxygen atoms in total. The van der Waals surface area contributed by atoms with E-state index < -0.39 is 0 Å². The number of rotatable bonds is 7. The van der Waals surface area contributed by atoms with Crippen molar-refractivity contribution in [3.05, 3.63) is 0 Å². The Bertz CT molecular complexity index is 215. The van der Waals surface area contributed by atoms with Crippen molar-refractivity contribution in [3.63, 3.8) is 0 Å². The molecule has 16 heavy (non-hydrogen) atoms. The van der Waals surface area contributed by atoms with Crippen LogP contribution in [0.15, 0.2) is 0 Å². The third-order valence-electron chi connectivity index (χ3n) is 2.71. The Morgan fingerprint density at radius 2 is 2.38 bits per heavy atom. The van der Waals surface area contributed by atoms with Gasteiger partial charge in [-0.05, 0) is 19.8 Å². The number of nitrogens with one attached hydrogen (secondary N) is 2. The molecule has 1 aliphatic rings. The molecule has 0 aromatic carbocycles. The summed E-state index contributed by atoms with van der Waals surface area (Å²) in [6, 6.07) is 0. The van der Waals surface area contributed by atoms with Crippen molar-refractivity contribution in [1.82, 2.24) is 10.6 Å². The second-order valence-electron chi connectivity index (χ2n) is 4.35. The van der Waals surface area contributed by atoms with E-state index in [1.165, 1.54) is 0 Å². The summed E-state index contributed by atoms with van der Waals surface area (Å²) < 4.78 is 10.4. The largest absolute Gasteiger partial charge is 0.383 e. The van der Waals surface area contributed by atoms with E-state index in [0.717, 1.165) is 26.0 Å². The highest BCUT2D eigenvalue weighted by atomic mass is 16.5. The molecule has 5 heteroatoms. The average Bonchev–Trinajstić information content (AvgIpc) is 2.66. The molecular formula is C11H22N2O3. The minimum atomic E-state index is -0.0905. The van der Waals surface area contributed by atoms with Gasteiger partial charge in [0.25, 0.3) is 0 Å². The van der Waals surface area contributed by atoms with Gasteiger partial charge in [-0.3, -0.25) is 4.79 Å². The Kier molecular flexibility index (Phi) is 5.73. The smallest absolute Gasteiger partial charge is 0.234 e. The summed E-state index contributed by atoms with van der Waals surface area (Å²) in [7, 11) is 1.61. The molecule has 0 aromatic rings. The summed E-state index contributed by atoms with van der Waals surface area (Å²) in [6.07, 6.45) is 2.17. The Labute approximate surface area is 96.9 Å². The van der Waals surface area contributed by atoms with E-state index in [2.05, 4.69) is 17.6 Å². The number of hydrogen-bond donors (Lipinski definition) is 2. The van der Waals surface area contributed by atoms with Gasteiger partial charge in [-0.25, -0.2) is 0 Å². The van der Waals surface area contributed by atoms with Gasteiger partial charge in [-0.15, -0.1) is 0 Å². The van der Waals surface area contributed by atoms with Crippen LogP contribution in [-0.4, -0.2) is 51.5 Å². The fourth-order valence-corrected chi connectivity index (χ4v) is 1.77. The fraction of sp³-hybridized carbons (Fsp3) is 0.909. The Morgan fingerprint density at radius 3 is 3.00 bits per heavy atom. The van der Waals surface area contributed by atoms with Gasteiger partial charge >= 0.3 is 0 Å². The van der Waals surface area contributed by atoms with Gasteiger partial charge in [-0.1, -0.05) is 0 Å². The number of hydrogen-bond acceptors (Lipinski definition) is 4. The number of amides is 1. The fourth-order valence-electron chi connectivity index (χ4n) is 1.77. The maximum absolute atomic E-state index is 11.3. The van der Waals surface area contributed by atoms with Crippen LogP contribution in [0.1, 0.15) is 19.8 Å². The molecule has 1 aliphatic heterocycles. The van der Waals surface area contributed by atoms with Gasteiger partial charge < -0.3 is 20.1 Å². The van der Waals surface area contributed by atoms with E-state index in [1.54, 1.807) is 7.11 Å². The molecule has 94 valence electrons. The summed E-state index contributed by atoms with van der Waals surface area (Å²) in [4.78, 5) is 11.3. The minimum absolute atomic E-state index is 0.00125. The lowest BCUT2D eigenvalue weighted by molar-refractivity contribution is -0.120. The first-order valence-corrected chi connectivity index (χ1v) is 5.77. The summed E-state index contributed by atoms with van der Waals surface area (Å²) in [5.74, 6) is -0.00125. The molecule has 1 atom stereocenters. The molecule has 2 N–H and O–H groups in total. The molecule has 1 heterocycles. The molecule has 1 saturated heterocycles. The summed E-state index contributed by atoms with van der Waals surface area (Å²) in [6.45, 7) is 5.08. The normalized spacial score (nSPS) is 24.6. The van der Waals surface area contributed by atoms with E-state index in [9.17, 15) is 4.79 Å². The monoisotopic (exact) mass is 230 g/mol. The van der Waals surface area contributed by atoms with Crippen molar-refractivity contribution in [3.8, 4) is 0 Å². The molecule has 1 rings (SSSR count). The van der Waals surface area contributed by atoms with Crippen LogP contribution in [0.4, 0.5) is 0 Å². The first-order chi connectivity index (χ1) is 7.66. The lowest BCUT2D eigenvalue weighted by atomic mass is 10.0. The molecule has 0 saturated carbocycles. The van der Waals surface area contributed by atoms with Crippen LogP contribution >= 0.6 is 0 Å². The Morgan fingerprint density at radius 1 is 1.56 bits per heavy atom. The first-order valence-electron chi connectivity index (χ1n) is 5.77. The van der Waals surface area contributed by atoms with Crippen LogP contribution in [0.25, 0.3) is 0 Å². The van der Waals surface area contributed by atoms with Crippen molar-refractivity contribution in [2.24, 2.45) is 0 Å². The van der Waals surface area contributed by atoms with Gasteiger partial charge in [0, 0.05) is 26.8 Å². The summed E-state index contributed by atoms with van der Waals surface area (Å²) >= 11 is 0. The van der Waals surface area contributed by atoms with Gasteiger partial charge in [-0.2, -0.15) is 0 Å². The van der Waals surface area contributed by atoms with Crippen LogP contribution in [0, 0.1) is 0 Å². The van der Waals surface area contributed by atoms with E-state index in [1.807, 2.05) is 0 Å². The maximum atomic E-state index is 11.3. The standard InChI is InChI=1S/C11H22N2O3/c1-11(4-3-6-16-11)9-12-8-10(14)13-5-7-15-2/h12H,3-9H2,1-2H3,(H,13,14). The predicted octanol–water partition coefficient (Wildman–Crippen LogP) is -0.0923. The average molecular weight is 230 g/mol. The zero-order valence-corrected chi connectivity index (χ0v) is 10.2. The Hall–Kier alpha value is -0.650. The molecule has 1 fully saturated rings. The molecule has 0 bridgehead atoms. The van der Waals surface area contributed by atoms with Crippen molar-refractivity contribution in [2.75, 3.05) is 40.0 Å². The topological polar surface area (TPSA) is 59.6 Å². The zero-order chi connectivity index (χ0) is 11.9. The highest BCUT2D eigenvalue weighted by Crippen LogP contribution is 2.23. The molecule has 0 spiro atoms. The van der Waals surface area contributed by atoms with Gasteiger partial charge in [0.2, 0.25) is 5.91 Å². The number of methoxy groups -OCH3 is 1. The molecule has 0 aliphatic carbocycles. The first kappa shape index (κ1) is 13.4. The number of carbonyl (C=O) groups is 1. The SMILES string of the molecule is COCCNC(=O)CNCC1(C)CCCO1. The minimum Gasteiger partial charge on any atom is -0.383 e. The van der Waals surface area contributed by atoms with E-state index in [-0.39, 0.29) is 11.5 Å². The van der Waals surface area contributed by atoms with Gasteiger partial charge in [0.1, 0.15) is 0 Å². The van der Waals surface area contributed by atoms with Crippen LogP contribution < -0.4 is 10.6 Å². The lowest BCUT2D eigenvalue weighted by Gasteiger charge is -2.23. The molecule has 0 radical (unpaired) electrons. The Balaban J connectivity index is 2.03. The van der Waals surface area contributed by atoms with E-state index >= 15 is 0 Å². The maximum Gasteiger partial charge on any atom is 0.234 e. The molecule has 1 unspecified atom stereocenters. The summed E-state index contributed by atoms with van der Waals surface area (Å²) in [5.41, 5.74) is -0.0905. The highest BCUT2D eigenvalue weighted by molar-refractivity contribution is 5.77. The van der Waals surface area contributed by atoms with E-state index in [4.69, 9.17) is 9.47 Å². The zero-order valence-electron chi connectivity index (χ0n) is 10.2. The van der Waals surface area contributed by atoms with Crippen molar-refractivity contribution < 1.29 is 14.3 Å². The van der Waals surface area contributed by atoms with Crippen molar-refractivity contribution in [2.45, 2.75) is 25.4 Å². The molecular weight excluding hydrogens is 208 g/mol. The molecule has 0 aromatic heterocycles. The van der Waals surface area contributed by atoms with Crippen molar-refractivity contribution >= 4 is 5.91 Å². The van der Waals surface area contributed by atoms with Crippen LogP contribution in [-0.2, 0) is 14.3 Å². The number of carbonyl (C=O) groups excluding carboxylic acids is 1. The lowest BCUT2D eigenvalue weighted by Crippen LogP contribution is -2.42. The quantitative estimate of drug-likeness (QED) is 0.600. The second kappa shape index (κ2) is 6.83. The van der Waals surface area contributed by atoms with Crippen molar-refractivity contribution in [1.29, 1.82) is 0 Å². The predicted molar refractivity (Wildman–Crippen MR) is 61.3 cm³/mol. The third kappa shape index (κ3) is 4.92. The summed E-state index contributed by atoms with van der Waals surface area (Å²) in [5, 5.41) is 5.87. The van der Waals surface area contributed by atoms with Gasteiger partial charge in [0.15, 0.2) is 0 Å². The van der Waals surface area contributed by atoms with E-state index in [0.29, 0.717) is 19.7 Å².